The Hall–Kier alpha value is -0.270. The van der Waals surface area contributed by atoms with Gasteiger partial charge < -0.3 is 4.74 Å². The number of hydrogen-bond acceptors (Lipinski definition) is 4. The van der Waals surface area contributed by atoms with E-state index in [1.54, 1.807) is 0 Å². The van der Waals surface area contributed by atoms with Crippen molar-refractivity contribution >= 4 is 28.4 Å². The van der Waals surface area contributed by atoms with E-state index in [4.69, 9.17) is 17.0 Å². The van der Waals surface area contributed by atoms with E-state index in [2.05, 4.69) is 6.07 Å². The minimum absolute atomic E-state index is 0.301. The summed E-state index contributed by atoms with van der Waals surface area (Å²) in [7, 11) is 0. The van der Waals surface area contributed by atoms with Crippen molar-refractivity contribution < 1.29 is 4.74 Å². The highest BCUT2D eigenvalue weighted by Gasteiger charge is 2.34. The molecule has 0 bridgehead atoms. The van der Waals surface area contributed by atoms with Crippen LogP contribution in [0.15, 0.2) is 0 Å². The molecule has 4 heteroatoms. The van der Waals surface area contributed by atoms with Crippen LogP contribution in [0, 0.1) is 11.3 Å². The van der Waals surface area contributed by atoms with Crippen LogP contribution in [-0.4, -0.2) is 15.7 Å². The SMILES string of the molecule is CCOC(=S)SC1(C#N)CCCCC1. The lowest BCUT2D eigenvalue weighted by atomic mass is 9.89. The van der Waals surface area contributed by atoms with Gasteiger partial charge in [0.05, 0.1) is 12.7 Å². The van der Waals surface area contributed by atoms with Gasteiger partial charge in [-0.15, -0.1) is 0 Å². The number of ether oxygens (including phenoxy) is 1. The molecule has 0 unspecified atom stereocenters. The lowest BCUT2D eigenvalue weighted by Gasteiger charge is -2.29. The van der Waals surface area contributed by atoms with E-state index < -0.39 is 0 Å². The molecule has 0 heterocycles. The van der Waals surface area contributed by atoms with E-state index >= 15 is 0 Å². The highest BCUT2D eigenvalue weighted by Crippen LogP contribution is 2.40. The van der Waals surface area contributed by atoms with E-state index in [0.717, 1.165) is 25.7 Å². The lowest BCUT2D eigenvalue weighted by Crippen LogP contribution is -2.27. The van der Waals surface area contributed by atoms with E-state index in [1.165, 1.54) is 18.2 Å². The van der Waals surface area contributed by atoms with E-state index in [0.29, 0.717) is 11.0 Å². The maximum Gasteiger partial charge on any atom is 0.221 e. The van der Waals surface area contributed by atoms with Gasteiger partial charge in [-0.2, -0.15) is 5.26 Å². The number of thiocarbonyl (C=S) groups is 1. The van der Waals surface area contributed by atoms with Crippen LogP contribution in [0.5, 0.6) is 0 Å². The van der Waals surface area contributed by atoms with Crippen LogP contribution in [-0.2, 0) is 4.74 Å². The maximum atomic E-state index is 9.17. The average Bonchev–Trinajstić information content (AvgIpc) is 2.19. The highest BCUT2D eigenvalue weighted by atomic mass is 32.2. The lowest BCUT2D eigenvalue weighted by molar-refractivity contribution is 0.345. The third-order valence-corrected chi connectivity index (χ3v) is 3.95. The van der Waals surface area contributed by atoms with Crippen LogP contribution in [0.4, 0.5) is 0 Å². The Morgan fingerprint density at radius 1 is 1.50 bits per heavy atom. The van der Waals surface area contributed by atoms with Crippen molar-refractivity contribution in [3.05, 3.63) is 0 Å². The van der Waals surface area contributed by atoms with Crippen LogP contribution in [0.1, 0.15) is 39.0 Å². The van der Waals surface area contributed by atoms with Gasteiger partial charge in [-0.25, -0.2) is 0 Å². The second-order valence-electron chi connectivity index (χ2n) is 3.45. The summed E-state index contributed by atoms with van der Waals surface area (Å²) >= 11 is 6.50. The molecule has 0 N–H and O–H groups in total. The second kappa shape index (κ2) is 5.57. The first-order chi connectivity index (χ1) is 6.72. The smallest absolute Gasteiger partial charge is 0.221 e. The van der Waals surface area contributed by atoms with Crippen LogP contribution >= 0.6 is 24.0 Å². The molecular weight excluding hydrogens is 214 g/mol. The van der Waals surface area contributed by atoms with Gasteiger partial charge in [-0.1, -0.05) is 31.0 Å². The first-order valence-corrected chi connectivity index (χ1v) is 6.22. The molecular formula is C10H15NOS2. The van der Waals surface area contributed by atoms with Gasteiger partial charge in [-0.05, 0) is 32.0 Å². The summed E-state index contributed by atoms with van der Waals surface area (Å²) in [6.07, 6.45) is 5.40. The monoisotopic (exact) mass is 229 g/mol. The molecule has 0 aromatic heterocycles. The zero-order valence-corrected chi connectivity index (χ0v) is 10.0. The predicted molar refractivity (Wildman–Crippen MR) is 63.2 cm³/mol. The predicted octanol–water partition coefficient (Wildman–Crippen LogP) is 3.27. The van der Waals surface area contributed by atoms with E-state index in [1.807, 2.05) is 6.92 Å². The summed E-state index contributed by atoms with van der Waals surface area (Å²) in [5.74, 6) is 0. The normalized spacial score (nSPS) is 19.7. The van der Waals surface area contributed by atoms with Crippen molar-refractivity contribution in [2.24, 2.45) is 0 Å². The topological polar surface area (TPSA) is 33.0 Å². The highest BCUT2D eigenvalue weighted by molar-refractivity contribution is 8.23. The molecule has 0 atom stereocenters. The number of nitrogens with zero attached hydrogens (tertiary/aromatic N) is 1. The number of thioether (sulfide) groups is 1. The molecule has 0 radical (unpaired) electrons. The van der Waals surface area contributed by atoms with Crippen LogP contribution in [0.2, 0.25) is 0 Å². The molecule has 78 valence electrons. The average molecular weight is 229 g/mol. The molecule has 1 rings (SSSR count). The van der Waals surface area contributed by atoms with Crippen molar-refractivity contribution in [2.45, 2.75) is 43.8 Å². The summed E-state index contributed by atoms with van der Waals surface area (Å²) in [6, 6.07) is 2.40. The number of hydrogen-bond donors (Lipinski definition) is 0. The van der Waals surface area contributed by atoms with Gasteiger partial charge in [-0.3, -0.25) is 0 Å². The third kappa shape index (κ3) is 3.14. The Morgan fingerprint density at radius 3 is 2.64 bits per heavy atom. The standard InChI is InChI=1S/C10H15NOS2/c1-2-12-9(13)14-10(8-11)6-4-3-5-7-10/h2-7H2,1H3. The van der Waals surface area contributed by atoms with Gasteiger partial charge in [0.2, 0.25) is 4.38 Å². The molecule has 1 aliphatic carbocycles. The Morgan fingerprint density at radius 2 is 2.14 bits per heavy atom. The van der Waals surface area contributed by atoms with Crippen molar-refractivity contribution in [1.29, 1.82) is 5.26 Å². The van der Waals surface area contributed by atoms with Crippen molar-refractivity contribution in [3.8, 4) is 6.07 Å². The van der Waals surface area contributed by atoms with Gasteiger partial charge in [0.15, 0.2) is 0 Å². The molecule has 1 saturated carbocycles. The zero-order valence-electron chi connectivity index (χ0n) is 8.41. The molecule has 0 aliphatic heterocycles. The minimum Gasteiger partial charge on any atom is -0.479 e. The van der Waals surface area contributed by atoms with Crippen LogP contribution < -0.4 is 0 Å². The Kier molecular flexibility index (Phi) is 4.70. The fourth-order valence-electron chi connectivity index (χ4n) is 1.67. The fraction of sp³-hybridized carbons (Fsp3) is 0.800. The maximum absolute atomic E-state index is 9.17. The minimum atomic E-state index is -0.301. The first kappa shape index (κ1) is 11.8. The summed E-state index contributed by atoms with van der Waals surface area (Å²) in [6.45, 7) is 2.50. The second-order valence-corrected chi connectivity index (χ2v) is 5.44. The number of rotatable bonds is 2. The molecule has 0 amide bonds. The Balaban J connectivity index is 2.52. The number of nitriles is 1. The molecule has 14 heavy (non-hydrogen) atoms. The molecule has 0 saturated heterocycles. The molecule has 0 aromatic rings. The quantitative estimate of drug-likeness (QED) is 0.680. The third-order valence-electron chi connectivity index (χ3n) is 2.41. The van der Waals surface area contributed by atoms with Gasteiger partial charge in [0, 0.05) is 0 Å². The van der Waals surface area contributed by atoms with Gasteiger partial charge in [0.1, 0.15) is 4.75 Å². The van der Waals surface area contributed by atoms with Crippen molar-refractivity contribution in [2.75, 3.05) is 6.61 Å². The molecule has 1 aliphatic rings. The zero-order chi connectivity index (χ0) is 10.4. The molecule has 2 nitrogen and oxygen atoms in total. The van der Waals surface area contributed by atoms with Gasteiger partial charge in [0.25, 0.3) is 0 Å². The summed E-state index contributed by atoms with van der Waals surface area (Å²) in [4.78, 5) is 0. The largest absolute Gasteiger partial charge is 0.479 e. The van der Waals surface area contributed by atoms with E-state index in [-0.39, 0.29) is 4.75 Å². The summed E-state index contributed by atoms with van der Waals surface area (Å²) in [5, 5.41) is 9.17. The van der Waals surface area contributed by atoms with Crippen LogP contribution in [0.3, 0.4) is 0 Å². The molecule has 0 spiro atoms. The van der Waals surface area contributed by atoms with Gasteiger partial charge >= 0.3 is 0 Å². The van der Waals surface area contributed by atoms with Crippen molar-refractivity contribution in [3.63, 3.8) is 0 Å². The summed E-state index contributed by atoms with van der Waals surface area (Å²) in [5.41, 5.74) is 0. The summed E-state index contributed by atoms with van der Waals surface area (Å²) < 4.78 is 5.44. The Labute approximate surface area is 95.0 Å². The fourth-order valence-corrected chi connectivity index (χ4v) is 3.30. The van der Waals surface area contributed by atoms with Crippen molar-refractivity contribution in [1.82, 2.24) is 0 Å². The first-order valence-electron chi connectivity index (χ1n) is 4.99. The Bertz CT molecular complexity index is 241. The molecule has 0 aromatic carbocycles. The van der Waals surface area contributed by atoms with E-state index in [9.17, 15) is 5.26 Å². The van der Waals surface area contributed by atoms with Crippen LogP contribution in [0.25, 0.3) is 0 Å². The molecule has 1 fully saturated rings.